The third kappa shape index (κ3) is 3.96. The number of amides is 1. The quantitative estimate of drug-likeness (QED) is 0.454. The van der Waals surface area contributed by atoms with Gasteiger partial charge in [0.25, 0.3) is 0 Å². The summed E-state index contributed by atoms with van der Waals surface area (Å²) in [5.74, 6) is 1.47. The van der Waals surface area contributed by atoms with Crippen LogP contribution in [0.4, 0.5) is 0 Å². The van der Waals surface area contributed by atoms with E-state index >= 15 is 0 Å². The number of carbonyl (C=O) groups excluding carboxylic acids is 1. The SMILES string of the molecule is Cn1c(CCNC(=O)[C@@H]2CC23CCN(Cc2cc4ccccc4s2)CC3)nc2ccccc21. The monoisotopic (exact) mass is 458 g/mol. The molecule has 6 rings (SSSR count). The Morgan fingerprint density at radius 2 is 1.94 bits per heavy atom. The molecular weight excluding hydrogens is 428 g/mol. The number of nitrogens with one attached hydrogen (secondary N) is 1. The number of nitrogens with zero attached hydrogens (tertiary/aromatic N) is 3. The van der Waals surface area contributed by atoms with Crippen molar-refractivity contribution in [1.29, 1.82) is 0 Å². The maximum atomic E-state index is 12.8. The molecule has 1 saturated carbocycles. The number of rotatable bonds is 6. The van der Waals surface area contributed by atoms with E-state index in [1.807, 2.05) is 29.5 Å². The van der Waals surface area contributed by atoms with Crippen molar-refractivity contribution in [3.05, 3.63) is 65.3 Å². The van der Waals surface area contributed by atoms with E-state index in [0.717, 1.165) is 62.2 Å². The fourth-order valence-corrected chi connectivity index (χ4v) is 6.71. The minimum absolute atomic E-state index is 0.199. The van der Waals surface area contributed by atoms with Crippen LogP contribution in [-0.2, 0) is 24.8 Å². The third-order valence-corrected chi connectivity index (χ3v) is 8.84. The molecule has 2 fully saturated rings. The molecule has 1 atom stereocenters. The number of hydrogen-bond donors (Lipinski definition) is 1. The summed E-state index contributed by atoms with van der Waals surface area (Å²) in [4.78, 5) is 21.6. The number of piperidine rings is 1. The molecule has 1 spiro atoms. The average Bonchev–Trinajstić information content (AvgIpc) is 3.22. The standard InChI is InChI=1S/C27H30N4OS/c1-30-23-8-4-3-7-22(23)29-25(30)10-13-28-26(32)21-17-27(21)11-14-31(15-12-27)18-20-16-19-6-2-5-9-24(19)33-20/h2-9,16,21H,10-15,17-18H2,1H3,(H,28,32)/t21-/m0/s1. The van der Waals surface area contributed by atoms with Crippen LogP contribution in [0.3, 0.4) is 0 Å². The molecule has 3 heterocycles. The van der Waals surface area contributed by atoms with Gasteiger partial charge in [0, 0.05) is 42.1 Å². The second-order valence-electron chi connectivity index (χ2n) is 9.76. The van der Waals surface area contributed by atoms with Gasteiger partial charge in [0.2, 0.25) is 5.91 Å². The zero-order valence-electron chi connectivity index (χ0n) is 19.1. The highest BCUT2D eigenvalue weighted by molar-refractivity contribution is 7.19. The van der Waals surface area contributed by atoms with E-state index in [-0.39, 0.29) is 17.2 Å². The predicted octanol–water partition coefficient (Wildman–Crippen LogP) is 4.75. The molecule has 2 aliphatic rings. The first-order chi connectivity index (χ1) is 16.1. The number of hydrogen-bond acceptors (Lipinski definition) is 4. The molecule has 170 valence electrons. The molecular formula is C27H30N4OS. The first-order valence-corrected chi connectivity index (χ1v) is 12.8. The highest BCUT2D eigenvalue weighted by atomic mass is 32.1. The Balaban J connectivity index is 0.989. The van der Waals surface area contributed by atoms with Crippen molar-refractivity contribution in [2.24, 2.45) is 18.4 Å². The van der Waals surface area contributed by atoms with Crippen molar-refractivity contribution < 1.29 is 4.79 Å². The molecule has 0 bridgehead atoms. The van der Waals surface area contributed by atoms with E-state index in [2.05, 4.69) is 58.2 Å². The predicted molar refractivity (Wildman–Crippen MR) is 134 cm³/mol. The lowest BCUT2D eigenvalue weighted by Crippen LogP contribution is -2.37. The maximum Gasteiger partial charge on any atom is 0.223 e. The molecule has 33 heavy (non-hydrogen) atoms. The van der Waals surface area contributed by atoms with Crippen LogP contribution in [0.1, 0.15) is 30.0 Å². The van der Waals surface area contributed by atoms with Gasteiger partial charge in [-0.2, -0.15) is 0 Å². The normalized spacial score (nSPS) is 20.0. The van der Waals surface area contributed by atoms with Gasteiger partial charge in [-0.3, -0.25) is 9.69 Å². The van der Waals surface area contributed by atoms with Crippen molar-refractivity contribution in [3.63, 3.8) is 0 Å². The topological polar surface area (TPSA) is 50.2 Å². The Morgan fingerprint density at radius 3 is 2.76 bits per heavy atom. The highest BCUT2D eigenvalue weighted by Crippen LogP contribution is 2.59. The number of aryl methyl sites for hydroxylation is 1. The summed E-state index contributed by atoms with van der Waals surface area (Å²) in [6.07, 6.45) is 4.10. The Kier molecular flexibility index (Phi) is 5.23. The highest BCUT2D eigenvalue weighted by Gasteiger charge is 2.58. The van der Waals surface area contributed by atoms with Gasteiger partial charge >= 0.3 is 0 Å². The zero-order chi connectivity index (χ0) is 22.4. The fourth-order valence-electron chi connectivity index (χ4n) is 5.60. The molecule has 5 nitrogen and oxygen atoms in total. The Morgan fingerprint density at radius 1 is 1.15 bits per heavy atom. The number of thiophene rings is 1. The summed E-state index contributed by atoms with van der Waals surface area (Å²) in [6.45, 7) is 3.88. The Hall–Kier alpha value is -2.70. The Labute approximate surface area is 198 Å². The first-order valence-electron chi connectivity index (χ1n) is 12.0. The summed E-state index contributed by atoms with van der Waals surface area (Å²) in [5.41, 5.74) is 2.41. The van der Waals surface area contributed by atoms with Gasteiger partial charge in [0.05, 0.1) is 11.0 Å². The number of imidazole rings is 1. The van der Waals surface area contributed by atoms with Gasteiger partial charge in [0.15, 0.2) is 0 Å². The van der Waals surface area contributed by atoms with E-state index < -0.39 is 0 Å². The van der Waals surface area contributed by atoms with E-state index in [4.69, 9.17) is 4.98 Å². The maximum absolute atomic E-state index is 12.8. The molecule has 0 unspecified atom stereocenters. The number of benzene rings is 2. The van der Waals surface area contributed by atoms with Crippen molar-refractivity contribution in [2.45, 2.75) is 32.2 Å². The minimum Gasteiger partial charge on any atom is -0.355 e. The number of para-hydroxylation sites is 2. The van der Waals surface area contributed by atoms with Crippen LogP contribution in [0.15, 0.2) is 54.6 Å². The summed E-state index contributed by atoms with van der Waals surface area (Å²) < 4.78 is 3.51. The number of aromatic nitrogens is 2. The number of fused-ring (bicyclic) bond motifs is 2. The van der Waals surface area contributed by atoms with Crippen molar-refractivity contribution in [1.82, 2.24) is 19.8 Å². The van der Waals surface area contributed by atoms with E-state index in [9.17, 15) is 4.79 Å². The van der Waals surface area contributed by atoms with Gasteiger partial charge < -0.3 is 9.88 Å². The minimum atomic E-state index is 0.199. The lowest BCUT2D eigenvalue weighted by molar-refractivity contribution is -0.123. The smallest absolute Gasteiger partial charge is 0.223 e. The number of carbonyl (C=O) groups is 1. The summed E-state index contributed by atoms with van der Waals surface area (Å²) in [7, 11) is 2.05. The van der Waals surface area contributed by atoms with Crippen LogP contribution in [0.2, 0.25) is 0 Å². The van der Waals surface area contributed by atoms with Crippen LogP contribution in [-0.4, -0.2) is 40.0 Å². The van der Waals surface area contributed by atoms with Gasteiger partial charge in [-0.1, -0.05) is 30.3 Å². The van der Waals surface area contributed by atoms with Crippen molar-refractivity contribution >= 4 is 38.4 Å². The van der Waals surface area contributed by atoms with Crippen LogP contribution >= 0.6 is 11.3 Å². The third-order valence-electron chi connectivity index (χ3n) is 7.74. The fraction of sp³-hybridized carbons (Fsp3) is 0.407. The molecule has 1 aliphatic carbocycles. The lowest BCUT2D eigenvalue weighted by Gasteiger charge is -2.32. The van der Waals surface area contributed by atoms with Crippen LogP contribution < -0.4 is 5.32 Å². The van der Waals surface area contributed by atoms with Gasteiger partial charge in [0.1, 0.15) is 5.82 Å². The van der Waals surface area contributed by atoms with Gasteiger partial charge in [-0.15, -0.1) is 11.3 Å². The van der Waals surface area contributed by atoms with Crippen LogP contribution in [0.5, 0.6) is 0 Å². The van der Waals surface area contributed by atoms with Gasteiger partial charge in [-0.05, 0) is 67.4 Å². The summed E-state index contributed by atoms with van der Waals surface area (Å²) in [6, 6.07) is 19.1. The summed E-state index contributed by atoms with van der Waals surface area (Å²) in [5, 5.41) is 4.55. The van der Waals surface area contributed by atoms with Crippen LogP contribution in [0.25, 0.3) is 21.1 Å². The second-order valence-corrected chi connectivity index (χ2v) is 10.9. The molecule has 4 aromatic rings. The van der Waals surface area contributed by atoms with Crippen molar-refractivity contribution in [2.75, 3.05) is 19.6 Å². The molecule has 1 saturated heterocycles. The van der Waals surface area contributed by atoms with E-state index in [0.29, 0.717) is 6.54 Å². The zero-order valence-corrected chi connectivity index (χ0v) is 19.9. The lowest BCUT2D eigenvalue weighted by atomic mass is 9.90. The molecule has 1 N–H and O–H groups in total. The van der Waals surface area contributed by atoms with E-state index in [1.54, 1.807) is 0 Å². The second kappa shape index (κ2) is 8.26. The molecule has 2 aromatic heterocycles. The molecule has 1 aliphatic heterocycles. The number of likely N-dealkylation sites (tertiary alicyclic amines) is 1. The van der Waals surface area contributed by atoms with Gasteiger partial charge in [-0.25, -0.2) is 4.98 Å². The molecule has 6 heteroatoms. The molecule has 0 radical (unpaired) electrons. The average molecular weight is 459 g/mol. The molecule has 1 amide bonds. The van der Waals surface area contributed by atoms with E-state index in [1.165, 1.54) is 15.0 Å². The summed E-state index contributed by atoms with van der Waals surface area (Å²) >= 11 is 1.91. The largest absolute Gasteiger partial charge is 0.355 e. The van der Waals surface area contributed by atoms with Crippen LogP contribution in [0, 0.1) is 11.3 Å². The molecule has 2 aromatic carbocycles. The Bertz CT molecular complexity index is 1280. The first kappa shape index (κ1) is 20.9. The van der Waals surface area contributed by atoms with Crippen molar-refractivity contribution in [3.8, 4) is 0 Å².